The molecule has 2 aromatic rings. The van der Waals surface area contributed by atoms with Gasteiger partial charge in [-0.3, -0.25) is 4.79 Å². The van der Waals surface area contributed by atoms with Crippen LogP contribution in [0.5, 0.6) is 5.88 Å². The zero-order valence-electron chi connectivity index (χ0n) is 10.7. The van der Waals surface area contributed by atoms with E-state index in [1.165, 1.54) is 25.3 Å². The van der Waals surface area contributed by atoms with Gasteiger partial charge in [-0.05, 0) is 40.2 Å². The Morgan fingerprint density at radius 3 is 2.95 bits per heavy atom. The van der Waals surface area contributed by atoms with E-state index in [2.05, 4.69) is 26.2 Å². The summed E-state index contributed by atoms with van der Waals surface area (Å²) in [5.41, 5.74) is 1.14. The first-order valence-electron chi connectivity index (χ1n) is 5.83. The monoisotopic (exact) mass is 338 g/mol. The molecule has 1 N–H and O–H groups in total. The molecule has 0 radical (unpaired) electrons. The minimum atomic E-state index is -0.407. The fourth-order valence-corrected chi connectivity index (χ4v) is 2.04. The Hall–Kier alpha value is -1.95. The maximum atomic E-state index is 13.1. The highest BCUT2D eigenvalue weighted by Gasteiger charge is 2.10. The molecule has 0 aliphatic carbocycles. The first kappa shape index (κ1) is 14.5. The lowest BCUT2D eigenvalue weighted by molar-refractivity contribution is 0.0950. The SMILES string of the molecule is COc1ncccc1CNC(=O)c1ccc(F)c(Br)c1. The number of benzene rings is 1. The fraction of sp³-hybridized carbons (Fsp3) is 0.143. The topological polar surface area (TPSA) is 51.2 Å². The summed E-state index contributed by atoms with van der Waals surface area (Å²) in [6.07, 6.45) is 1.61. The lowest BCUT2D eigenvalue weighted by Gasteiger charge is -2.08. The standard InChI is InChI=1S/C14H12BrFN2O2/c1-20-14-10(3-2-6-17-14)8-18-13(19)9-4-5-12(16)11(15)7-9/h2-7H,8H2,1H3,(H,18,19). The van der Waals surface area contributed by atoms with Gasteiger partial charge in [-0.1, -0.05) is 6.07 Å². The molecule has 0 saturated carbocycles. The highest BCUT2D eigenvalue weighted by atomic mass is 79.9. The Bertz CT molecular complexity index is 634. The van der Waals surface area contributed by atoms with Gasteiger partial charge in [0.1, 0.15) is 5.82 Å². The summed E-state index contributed by atoms with van der Waals surface area (Å²) < 4.78 is 18.5. The molecule has 2 rings (SSSR count). The zero-order valence-corrected chi connectivity index (χ0v) is 12.3. The third-order valence-corrected chi connectivity index (χ3v) is 3.27. The molecule has 0 saturated heterocycles. The molecular formula is C14H12BrFN2O2. The highest BCUT2D eigenvalue weighted by molar-refractivity contribution is 9.10. The molecule has 0 spiro atoms. The Morgan fingerprint density at radius 2 is 2.25 bits per heavy atom. The van der Waals surface area contributed by atoms with Gasteiger partial charge >= 0.3 is 0 Å². The molecule has 0 unspecified atom stereocenters. The Labute approximate surface area is 124 Å². The predicted molar refractivity (Wildman–Crippen MR) is 76.1 cm³/mol. The number of carbonyl (C=O) groups excluding carboxylic acids is 1. The molecule has 20 heavy (non-hydrogen) atoms. The highest BCUT2D eigenvalue weighted by Crippen LogP contribution is 2.17. The molecule has 0 fully saturated rings. The lowest BCUT2D eigenvalue weighted by atomic mass is 10.2. The van der Waals surface area contributed by atoms with Crippen molar-refractivity contribution >= 4 is 21.8 Å². The molecular weight excluding hydrogens is 327 g/mol. The van der Waals surface area contributed by atoms with Crippen LogP contribution in [0.1, 0.15) is 15.9 Å². The molecule has 6 heteroatoms. The molecule has 4 nitrogen and oxygen atoms in total. The van der Waals surface area contributed by atoms with Gasteiger partial charge in [-0.2, -0.15) is 0 Å². The van der Waals surface area contributed by atoms with Crippen molar-refractivity contribution in [2.75, 3.05) is 7.11 Å². The molecule has 1 aromatic carbocycles. The van der Waals surface area contributed by atoms with Crippen LogP contribution in [-0.4, -0.2) is 18.0 Å². The normalized spacial score (nSPS) is 10.2. The largest absolute Gasteiger partial charge is 0.481 e. The predicted octanol–water partition coefficient (Wildman–Crippen LogP) is 2.92. The number of hydrogen-bond donors (Lipinski definition) is 1. The average molecular weight is 339 g/mol. The number of rotatable bonds is 4. The lowest BCUT2D eigenvalue weighted by Crippen LogP contribution is -2.23. The number of amides is 1. The second-order valence-corrected chi connectivity index (χ2v) is 4.84. The zero-order chi connectivity index (χ0) is 14.5. The van der Waals surface area contributed by atoms with E-state index < -0.39 is 5.82 Å². The van der Waals surface area contributed by atoms with Crippen LogP contribution in [0.4, 0.5) is 4.39 Å². The van der Waals surface area contributed by atoms with Crippen molar-refractivity contribution < 1.29 is 13.9 Å². The number of halogens is 2. The smallest absolute Gasteiger partial charge is 0.251 e. The van der Waals surface area contributed by atoms with Crippen LogP contribution in [0.25, 0.3) is 0 Å². The summed E-state index contributed by atoms with van der Waals surface area (Å²) in [4.78, 5) is 16.0. The number of aromatic nitrogens is 1. The van der Waals surface area contributed by atoms with Gasteiger partial charge in [-0.15, -0.1) is 0 Å². The van der Waals surface area contributed by atoms with Crippen molar-refractivity contribution in [3.05, 3.63) is 57.9 Å². The number of nitrogens with one attached hydrogen (secondary N) is 1. The number of ether oxygens (including phenoxy) is 1. The molecule has 0 aliphatic rings. The minimum absolute atomic E-state index is 0.254. The Morgan fingerprint density at radius 1 is 1.45 bits per heavy atom. The maximum Gasteiger partial charge on any atom is 0.251 e. The van der Waals surface area contributed by atoms with Crippen LogP contribution in [0.3, 0.4) is 0 Å². The van der Waals surface area contributed by atoms with E-state index in [4.69, 9.17) is 4.74 Å². The molecule has 0 aliphatic heterocycles. The van der Waals surface area contributed by atoms with Crippen LogP contribution in [0.2, 0.25) is 0 Å². The molecule has 0 bridgehead atoms. The number of nitrogens with zero attached hydrogens (tertiary/aromatic N) is 1. The first-order chi connectivity index (χ1) is 9.61. The summed E-state index contributed by atoms with van der Waals surface area (Å²) in [6, 6.07) is 7.68. The third-order valence-electron chi connectivity index (χ3n) is 2.66. The number of pyridine rings is 1. The van der Waals surface area contributed by atoms with Crippen molar-refractivity contribution in [3.8, 4) is 5.88 Å². The van der Waals surface area contributed by atoms with E-state index in [-0.39, 0.29) is 16.9 Å². The summed E-state index contributed by atoms with van der Waals surface area (Å²) >= 11 is 3.05. The van der Waals surface area contributed by atoms with E-state index in [1.807, 2.05) is 6.07 Å². The van der Waals surface area contributed by atoms with Gasteiger partial charge in [0.2, 0.25) is 5.88 Å². The first-order valence-corrected chi connectivity index (χ1v) is 6.62. The van der Waals surface area contributed by atoms with Gasteiger partial charge in [0, 0.05) is 23.9 Å². The summed E-state index contributed by atoms with van der Waals surface area (Å²) in [5, 5.41) is 2.73. The number of carbonyl (C=O) groups is 1. The van der Waals surface area contributed by atoms with Crippen LogP contribution in [0, 0.1) is 5.82 Å². The van der Waals surface area contributed by atoms with E-state index in [1.54, 1.807) is 12.3 Å². The second kappa shape index (κ2) is 6.47. The summed E-state index contributed by atoms with van der Waals surface area (Å²) in [6.45, 7) is 0.283. The molecule has 1 aromatic heterocycles. The Balaban J connectivity index is 2.06. The summed E-state index contributed by atoms with van der Waals surface area (Å²) in [7, 11) is 1.52. The Kier molecular flexibility index (Phi) is 4.68. The fourth-order valence-electron chi connectivity index (χ4n) is 1.66. The van der Waals surface area contributed by atoms with Crippen molar-refractivity contribution in [3.63, 3.8) is 0 Å². The van der Waals surface area contributed by atoms with Gasteiger partial charge in [0.15, 0.2) is 0 Å². The van der Waals surface area contributed by atoms with Gasteiger partial charge in [0.05, 0.1) is 11.6 Å². The van der Waals surface area contributed by atoms with E-state index in [0.717, 1.165) is 5.56 Å². The maximum absolute atomic E-state index is 13.1. The molecule has 0 atom stereocenters. The molecule has 1 heterocycles. The number of hydrogen-bond acceptors (Lipinski definition) is 3. The molecule has 104 valence electrons. The van der Waals surface area contributed by atoms with Crippen molar-refractivity contribution in [1.82, 2.24) is 10.3 Å². The minimum Gasteiger partial charge on any atom is -0.481 e. The van der Waals surface area contributed by atoms with Crippen molar-refractivity contribution in [2.24, 2.45) is 0 Å². The molecule has 1 amide bonds. The number of methoxy groups -OCH3 is 1. The summed E-state index contributed by atoms with van der Waals surface area (Å²) in [5.74, 6) is -0.236. The average Bonchev–Trinajstić information content (AvgIpc) is 2.47. The third kappa shape index (κ3) is 3.33. The van der Waals surface area contributed by atoms with Crippen LogP contribution in [-0.2, 0) is 6.54 Å². The van der Waals surface area contributed by atoms with Crippen LogP contribution >= 0.6 is 15.9 Å². The quantitative estimate of drug-likeness (QED) is 0.932. The van der Waals surface area contributed by atoms with Crippen molar-refractivity contribution in [1.29, 1.82) is 0 Å². The van der Waals surface area contributed by atoms with E-state index in [9.17, 15) is 9.18 Å². The van der Waals surface area contributed by atoms with E-state index in [0.29, 0.717) is 11.4 Å². The van der Waals surface area contributed by atoms with Gasteiger partial charge < -0.3 is 10.1 Å². The van der Waals surface area contributed by atoms with Gasteiger partial charge in [-0.25, -0.2) is 9.37 Å². The van der Waals surface area contributed by atoms with Crippen LogP contribution in [0.15, 0.2) is 41.0 Å². The van der Waals surface area contributed by atoms with Crippen LogP contribution < -0.4 is 10.1 Å². The second-order valence-electron chi connectivity index (χ2n) is 3.98. The van der Waals surface area contributed by atoms with Crippen molar-refractivity contribution in [2.45, 2.75) is 6.54 Å². The van der Waals surface area contributed by atoms with Gasteiger partial charge in [0.25, 0.3) is 5.91 Å². The van der Waals surface area contributed by atoms with E-state index >= 15 is 0 Å².